The summed E-state index contributed by atoms with van der Waals surface area (Å²) >= 11 is 0. The molecular formula is C12H17N5O3S. The number of aryl methyl sites for hydroxylation is 1. The van der Waals surface area contributed by atoms with E-state index in [1.54, 1.807) is 19.2 Å². The molecule has 0 fully saturated rings. The summed E-state index contributed by atoms with van der Waals surface area (Å²) in [7, 11) is -3.71. The number of sulfonamides is 1. The molecule has 8 nitrogen and oxygen atoms in total. The van der Waals surface area contributed by atoms with Crippen LogP contribution in [-0.4, -0.2) is 30.1 Å². The van der Waals surface area contributed by atoms with E-state index in [1.165, 1.54) is 6.07 Å². The Morgan fingerprint density at radius 1 is 1.38 bits per heavy atom. The Labute approximate surface area is 123 Å². The minimum atomic E-state index is -3.71. The van der Waals surface area contributed by atoms with Gasteiger partial charge in [0.2, 0.25) is 15.9 Å². The molecule has 0 aliphatic carbocycles. The number of anilines is 1. The molecule has 2 N–H and O–H groups in total. The van der Waals surface area contributed by atoms with Gasteiger partial charge in [0.05, 0.1) is 6.54 Å². The summed E-state index contributed by atoms with van der Waals surface area (Å²) in [6.07, 6.45) is 2.41. The van der Waals surface area contributed by atoms with Crippen LogP contribution in [0, 0.1) is 6.92 Å². The largest absolute Gasteiger partial charge is 0.369 e. The number of hydrogen-bond acceptors (Lipinski definition) is 7. The van der Waals surface area contributed by atoms with Crippen molar-refractivity contribution in [1.82, 2.24) is 19.8 Å². The maximum atomic E-state index is 12.3. The molecule has 0 unspecified atom stereocenters. The highest BCUT2D eigenvalue weighted by atomic mass is 32.2. The third-order valence-corrected chi connectivity index (χ3v) is 4.02. The number of pyridine rings is 1. The SMILES string of the molecule is CCCNc1ncccc1S(=O)(=O)NCc1nc(C)no1. The van der Waals surface area contributed by atoms with E-state index >= 15 is 0 Å². The van der Waals surface area contributed by atoms with Crippen LogP contribution < -0.4 is 10.0 Å². The lowest BCUT2D eigenvalue weighted by Crippen LogP contribution is -2.25. The van der Waals surface area contributed by atoms with E-state index in [0.29, 0.717) is 18.2 Å². The van der Waals surface area contributed by atoms with Gasteiger partial charge in [-0.05, 0) is 25.5 Å². The second-order valence-electron chi connectivity index (χ2n) is 4.34. The van der Waals surface area contributed by atoms with Crippen molar-refractivity contribution in [3.8, 4) is 0 Å². The summed E-state index contributed by atoms with van der Waals surface area (Å²) < 4.78 is 31.9. The summed E-state index contributed by atoms with van der Waals surface area (Å²) in [6, 6.07) is 3.06. The van der Waals surface area contributed by atoms with E-state index in [0.717, 1.165) is 6.42 Å². The summed E-state index contributed by atoms with van der Waals surface area (Å²) in [5, 5.41) is 6.59. The van der Waals surface area contributed by atoms with Crippen molar-refractivity contribution in [3.05, 3.63) is 30.0 Å². The molecule has 2 aromatic heterocycles. The maximum Gasteiger partial charge on any atom is 0.244 e. The molecule has 0 saturated heterocycles. The molecule has 0 spiro atoms. The molecule has 2 rings (SSSR count). The van der Waals surface area contributed by atoms with Crippen molar-refractivity contribution < 1.29 is 12.9 Å². The van der Waals surface area contributed by atoms with Crippen molar-refractivity contribution in [1.29, 1.82) is 0 Å². The van der Waals surface area contributed by atoms with Gasteiger partial charge in [-0.25, -0.2) is 18.1 Å². The Bertz CT molecular complexity index is 698. The number of aromatic nitrogens is 3. The quantitative estimate of drug-likeness (QED) is 0.787. The lowest BCUT2D eigenvalue weighted by Gasteiger charge is -2.10. The third-order valence-electron chi connectivity index (χ3n) is 2.59. The molecule has 0 atom stereocenters. The lowest BCUT2D eigenvalue weighted by molar-refractivity contribution is 0.372. The molecule has 21 heavy (non-hydrogen) atoms. The molecule has 2 aromatic rings. The fraction of sp³-hybridized carbons (Fsp3) is 0.417. The van der Waals surface area contributed by atoms with Crippen molar-refractivity contribution in [3.63, 3.8) is 0 Å². The average molecular weight is 311 g/mol. The monoisotopic (exact) mass is 311 g/mol. The van der Waals surface area contributed by atoms with E-state index in [2.05, 4.69) is 25.2 Å². The highest BCUT2D eigenvalue weighted by molar-refractivity contribution is 7.89. The molecule has 0 aromatic carbocycles. The molecule has 0 bridgehead atoms. The molecule has 2 heterocycles. The molecule has 0 saturated carbocycles. The minimum absolute atomic E-state index is 0.0642. The second-order valence-corrected chi connectivity index (χ2v) is 6.07. The van der Waals surface area contributed by atoms with Crippen LogP contribution in [0.4, 0.5) is 5.82 Å². The maximum absolute atomic E-state index is 12.3. The van der Waals surface area contributed by atoms with Crippen molar-refractivity contribution in [2.45, 2.75) is 31.7 Å². The number of nitrogens with one attached hydrogen (secondary N) is 2. The molecule has 0 radical (unpaired) electrons. The zero-order valence-corrected chi connectivity index (χ0v) is 12.6. The Balaban J connectivity index is 2.15. The van der Waals surface area contributed by atoms with E-state index in [9.17, 15) is 8.42 Å². The summed E-state index contributed by atoms with van der Waals surface area (Å²) in [5.41, 5.74) is 0. The van der Waals surface area contributed by atoms with E-state index in [4.69, 9.17) is 4.52 Å². The molecule has 0 aliphatic rings. The molecule has 0 amide bonds. The van der Waals surface area contributed by atoms with Gasteiger partial charge in [-0.15, -0.1) is 0 Å². The van der Waals surface area contributed by atoms with Gasteiger partial charge in [0.1, 0.15) is 10.7 Å². The van der Waals surface area contributed by atoms with Gasteiger partial charge >= 0.3 is 0 Å². The Morgan fingerprint density at radius 2 is 2.19 bits per heavy atom. The first kappa shape index (κ1) is 15.4. The van der Waals surface area contributed by atoms with Gasteiger partial charge in [-0.2, -0.15) is 4.98 Å². The molecule has 9 heteroatoms. The van der Waals surface area contributed by atoms with Crippen LogP contribution >= 0.6 is 0 Å². The molecular weight excluding hydrogens is 294 g/mol. The van der Waals surface area contributed by atoms with Crippen molar-refractivity contribution >= 4 is 15.8 Å². The smallest absolute Gasteiger partial charge is 0.244 e. The van der Waals surface area contributed by atoms with Crippen LogP contribution in [0.1, 0.15) is 25.1 Å². The van der Waals surface area contributed by atoms with Crippen LogP contribution in [-0.2, 0) is 16.6 Å². The Kier molecular flexibility index (Phi) is 4.86. The first-order valence-electron chi connectivity index (χ1n) is 6.50. The average Bonchev–Trinajstić information content (AvgIpc) is 2.89. The topological polar surface area (TPSA) is 110 Å². The first-order chi connectivity index (χ1) is 10.0. The zero-order valence-electron chi connectivity index (χ0n) is 11.8. The summed E-state index contributed by atoms with van der Waals surface area (Å²) in [5.74, 6) is 0.993. The summed E-state index contributed by atoms with van der Waals surface area (Å²) in [4.78, 5) is 8.10. The molecule has 114 valence electrons. The first-order valence-corrected chi connectivity index (χ1v) is 7.99. The predicted molar refractivity (Wildman–Crippen MR) is 76.1 cm³/mol. The van der Waals surface area contributed by atoms with Gasteiger partial charge in [0, 0.05) is 12.7 Å². The zero-order chi connectivity index (χ0) is 15.3. The highest BCUT2D eigenvalue weighted by Crippen LogP contribution is 2.18. The Morgan fingerprint density at radius 3 is 2.86 bits per heavy atom. The third kappa shape index (κ3) is 3.99. The fourth-order valence-electron chi connectivity index (χ4n) is 1.63. The lowest BCUT2D eigenvalue weighted by atomic mass is 10.4. The van der Waals surface area contributed by atoms with Gasteiger partial charge < -0.3 is 9.84 Å². The number of rotatable bonds is 7. The van der Waals surface area contributed by atoms with E-state index < -0.39 is 10.0 Å². The van der Waals surface area contributed by atoms with Crippen LogP contribution in [0.5, 0.6) is 0 Å². The minimum Gasteiger partial charge on any atom is -0.369 e. The van der Waals surface area contributed by atoms with Crippen molar-refractivity contribution in [2.24, 2.45) is 0 Å². The number of hydrogen-bond donors (Lipinski definition) is 2. The van der Waals surface area contributed by atoms with Gasteiger partial charge in [0.15, 0.2) is 5.82 Å². The van der Waals surface area contributed by atoms with Gasteiger partial charge in [-0.1, -0.05) is 12.1 Å². The fourth-order valence-corrected chi connectivity index (χ4v) is 2.74. The summed E-state index contributed by atoms with van der Waals surface area (Å²) in [6.45, 7) is 4.23. The molecule has 0 aliphatic heterocycles. The standard InChI is InChI=1S/C12H17N5O3S/c1-3-6-13-12-10(5-4-7-14-12)21(18,19)15-8-11-16-9(2)17-20-11/h4-5,7,15H,3,6,8H2,1-2H3,(H,13,14). The number of nitrogens with zero attached hydrogens (tertiary/aromatic N) is 3. The van der Waals surface area contributed by atoms with Gasteiger partial charge in [-0.3, -0.25) is 0 Å². The van der Waals surface area contributed by atoms with E-state index in [-0.39, 0.29) is 17.3 Å². The van der Waals surface area contributed by atoms with Crippen LogP contribution in [0.15, 0.2) is 27.7 Å². The Hall–Kier alpha value is -2.00. The van der Waals surface area contributed by atoms with E-state index in [1.807, 2.05) is 6.92 Å². The van der Waals surface area contributed by atoms with Crippen LogP contribution in [0.3, 0.4) is 0 Å². The predicted octanol–water partition coefficient (Wildman–Crippen LogP) is 1.07. The van der Waals surface area contributed by atoms with Crippen molar-refractivity contribution in [2.75, 3.05) is 11.9 Å². The van der Waals surface area contributed by atoms with Crippen LogP contribution in [0.2, 0.25) is 0 Å². The highest BCUT2D eigenvalue weighted by Gasteiger charge is 2.20. The normalized spacial score (nSPS) is 11.5. The van der Waals surface area contributed by atoms with Crippen LogP contribution in [0.25, 0.3) is 0 Å². The second kappa shape index (κ2) is 6.64. The van der Waals surface area contributed by atoms with Gasteiger partial charge in [0.25, 0.3) is 0 Å².